The lowest BCUT2D eigenvalue weighted by atomic mass is 9.99. The molecule has 2 aromatic rings. The van der Waals surface area contributed by atoms with Crippen LogP contribution in [0, 0.1) is 0 Å². The van der Waals surface area contributed by atoms with E-state index in [4.69, 9.17) is 4.74 Å². The van der Waals surface area contributed by atoms with Crippen molar-refractivity contribution in [1.82, 2.24) is 5.32 Å². The number of carbonyl (C=O) groups excluding carboxylic acids is 1. The van der Waals surface area contributed by atoms with Crippen molar-refractivity contribution < 1.29 is 9.53 Å². The minimum absolute atomic E-state index is 0.0703. The van der Waals surface area contributed by atoms with Gasteiger partial charge < -0.3 is 10.1 Å². The number of carbonyl (C=O) groups is 1. The fraction of sp³-hybridized carbons (Fsp3) is 0.409. The minimum Gasteiger partial charge on any atom is -0.444 e. The van der Waals surface area contributed by atoms with E-state index in [1.807, 2.05) is 45.0 Å². The van der Waals surface area contributed by atoms with E-state index in [0.717, 1.165) is 25.7 Å². The minimum atomic E-state index is -0.481. The van der Waals surface area contributed by atoms with Crippen molar-refractivity contribution >= 4 is 6.09 Å². The Bertz CT molecular complexity index is 632. The largest absolute Gasteiger partial charge is 0.444 e. The van der Waals surface area contributed by atoms with Crippen LogP contribution < -0.4 is 5.32 Å². The maximum Gasteiger partial charge on any atom is 0.407 e. The molecule has 0 fully saturated rings. The van der Waals surface area contributed by atoms with Gasteiger partial charge in [0.1, 0.15) is 5.60 Å². The molecule has 3 nitrogen and oxygen atoms in total. The number of alkyl carbamates (subject to hydrolysis) is 1. The van der Waals surface area contributed by atoms with Crippen LogP contribution in [-0.4, -0.2) is 17.7 Å². The van der Waals surface area contributed by atoms with Gasteiger partial charge in [-0.25, -0.2) is 4.79 Å². The molecule has 0 aliphatic carbocycles. The van der Waals surface area contributed by atoms with E-state index in [1.54, 1.807) is 0 Å². The number of amides is 1. The van der Waals surface area contributed by atoms with Crippen LogP contribution in [0.1, 0.15) is 44.7 Å². The van der Waals surface area contributed by atoms with E-state index in [0.29, 0.717) is 0 Å². The molecule has 25 heavy (non-hydrogen) atoms. The number of ether oxygens (including phenoxy) is 1. The Balaban J connectivity index is 1.92. The van der Waals surface area contributed by atoms with Gasteiger partial charge in [-0.1, -0.05) is 60.7 Å². The fourth-order valence-electron chi connectivity index (χ4n) is 2.80. The molecule has 0 saturated carbocycles. The van der Waals surface area contributed by atoms with Crippen LogP contribution in [0.5, 0.6) is 0 Å². The number of rotatable bonds is 7. The lowest BCUT2D eigenvalue weighted by molar-refractivity contribution is 0.0501. The number of aryl methyl sites for hydroxylation is 1. The molecule has 134 valence electrons. The average molecular weight is 339 g/mol. The van der Waals surface area contributed by atoms with Crippen molar-refractivity contribution in [2.45, 2.75) is 58.1 Å². The molecule has 2 aromatic carbocycles. The first-order chi connectivity index (χ1) is 11.9. The van der Waals surface area contributed by atoms with Crippen LogP contribution in [0.4, 0.5) is 4.79 Å². The molecule has 3 heteroatoms. The first kappa shape index (κ1) is 19.0. The lowest BCUT2D eigenvalue weighted by Crippen LogP contribution is -2.40. The number of nitrogens with one attached hydrogen (secondary N) is 1. The van der Waals surface area contributed by atoms with E-state index < -0.39 is 5.60 Å². The molecule has 0 bridgehead atoms. The molecule has 2 rings (SSSR count). The molecule has 0 radical (unpaired) electrons. The van der Waals surface area contributed by atoms with Gasteiger partial charge in [-0.3, -0.25) is 0 Å². The van der Waals surface area contributed by atoms with Crippen molar-refractivity contribution in [3.63, 3.8) is 0 Å². The molecule has 0 spiro atoms. The van der Waals surface area contributed by atoms with Crippen molar-refractivity contribution in [3.05, 3.63) is 71.8 Å². The predicted octanol–water partition coefficient (Wildman–Crippen LogP) is 5.15. The Morgan fingerprint density at radius 3 is 2.08 bits per heavy atom. The van der Waals surface area contributed by atoms with Crippen molar-refractivity contribution in [1.29, 1.82) is 0 Å². The Morgan fingerprint density at radius 1 is 0.960 bits per heavy atom. The first-order valence-electron chi connectivity index (χ1n) is 9.00. The fourth-order valence-corrected chi connectivity index (χ4v) is 2.80. The van der Waals surface area contributed by atoms with E-state index in [2.05, 4.69) is 41.7 Å². The van der Waals surface area contributed by atoms with Crippen LogP contribution in [-0.2, 0) is 17.6 Å². The highest BCUT2D eigenvalue weighted by Gasteiger charge is 2.19. The third kappa shape index (κ3) is 7.88. The second kappa shape index (κ2) is 9.26. The molecule has 0 aliphatic heterocycles. The van der Waals surface area contributed by atoms with Crippen LogP contribution in [0.15, 0.2) is 60.7 Å². The zero-order chi connectivity index (χ0) is 18.1. The van der Waals surface area contributed by atoms with Gasteiger partial charge in [-0.05, 0) is 57.6 Å². The zero-order valence-electron chi connectivity index (χ0n) is 15.5. The highest BCUT2D eigenvalue weighted by Crippen LogP contribution is 2.13. The lowest BCUT2D eigenvalue weighted by Gasteiger charge is -2.24. The SMILES string of the molecule is CC(C)(C)OC(=O)N[C@H](CCCc1ccccc1)Cc1ccccc1. The highest BCUT2D eigenvalue weighted by molar-refractivity contribution is 5.68. The summed E-state index contributed by atoms with van der Waals surface area (Å²) in [7, 11) is 0. The second-order valence-corrected chi connectivity index (χ2v) is 7.41. The van der Waals surface area contributed by atoms with Crippen molar-refractivity contribution in [2.75, 3.05) is 0 Å². The third-order valence-electron chi connectivity index (χ3n) is 3.91. The summed E-state index contributed by atoms with van der Waals surface area (Å²) in [5.41, 5.74) is 2.08. The topological polar surface area (TPSA) is 38.3 Å². The van der Waals surface area contributed by atoms with Crippen molar-refractivity contribution in [2.24, 2.45) is 0 Å². The average Bonchev–Trinajstić information content (AvgIpc) is 2.55. The van der Waals surface area contributed by atoms with Crippen molar-refractivity contribution in [3.8, 4) is 0 Å². The number of benzene rings is 2. The summed E-state index contributed by atoms with van der Waals surface area (Å²) in [6.07, 6.45) is 3.44. The monoisotopic (exact) mass is 339 g/mol. The van der Waals surface area contributed by atoms with Gasteiger partial charge >= 0.3 is 6.09 Å². The Hall–Kier alpha value is -2.29. The Kier molecular flexibility index (Phi) is 7.05. The summed E-state index contributed by atoms with van der Waals surface area (Å²) in [5, 5.41) is 3.05. The molecule has 0 aliphatic rings. The molecule has 0 saturated heterocycles. The van der Waals surface area contributed by atoms with E-state index in [1.165, 1.54) is 11.1 Å². The summed E-state index contributed by atoms with van der Waals surface area (Å²) >= 11 is 0. The molecular formula is C22H29NO2. The summed E-state index contributed by atoms with van der Waals surface area (Å²) < 4.78 is 5.42. The smallest absolute Gasteiger partial charge is 0.407 e. The normalized spacial score (nSPS) is 12.4. The Morgan fingerprint density at radius 2 is 1.52 bits per heavy atom. The predicted molar refractivity (Wildman–Crippen MR) is 103 cm³/mol. The van der Waals surface area contributed by atoms with Crippen LogP contribution in [0.2, 0.25) is 0 Å². The van der Waals surface area contributed by atoms with E-state index in [9.17, 15) is 4.79 Å². The molecule has 0 aromatic heterocycles. The number of hydrogen-bond donors (Lipinski definition) is 1. The van der Waals surface area contributed by atoms with Gasteiger partial charge in [0.2, 0.25) is 0 Å². The third-order valence-corrected chi connectivity index (χ3v) is 3.91. The standard InChI is InChI=1S/C22H29NO2/c1-22(2,3)25-21(24)23-20(17-19-13-8-5-9-14-19)16-10-15-18-11-6-4-7-12-18/h4-9,11-14,20H,10,15-17H2,1-3H3,(H,23,24)/t20-/m1/s1. The Labute approximate surface area is 151 Å². The maximum atomic E-state index is 12.2. The quantitative estimate of drug-likeness (QED) is 0.758. The summed E-state index contributed by atoms with van der Waals surface area (Å²) in [5.74, 6) is 0. The summed E-state index contributed by atoms with van der Waals surface area (Å²) in [6, 6.07) is 20.8. The molecule has 0 heterocycles. The number of hydrogen-bond acceptors (Lipinski definition) is 2. The van der Waals surface area contributed by atoms with Gasteiger partial charge in [0.05, 0.1) is 0 Å². The van der Waals surface area contributed by atoms with Crippen LogP contribution >= 0.6 is 0 Å². The second-order valence-electron chi connectivity index (χ2n) is 7.41. The van der Waals surface area contributed by atoms with E-state index in [-0.39, 0.29) is 12.1 Å². The van der Waals surface area contributed by atoms with Crippen LogP contribution in [0.3, 0.4) is 0 Å². The highest BCUT2D eigenvalue weighted by atomic mass is 16.6. The van der Waals surface area contributed by atoms with Gasteiger partial charge in [-0.2, -0.15) is 0 Å². The molecule has 1 atom stereocenters. The first-order valence-corrected chi connectivity index (χ1v) is 9.00. The van der Waals surface area contributed by atoms with Gasteiger partial charge in [0, 0.05) is 6.04 Å². The molecule has 1 N–H and O–H groups in total. The van der Waals surface area contributed by atoms with Gasteiger partial charge in [-0.15, -0.1) is 0 Å². The summed E-state index contributed by atoms with van der Waals surface area (Å²) in [4.78, 5) is 12.2. The maximum absolute atomic E-state index is 12.2. The summed E-state index contributed by atoms with van der Waals surface area (Å²) in [6.45, 7) is 5.65. The zero-order valence-corrected chi connectivity index (χ0v) is 15.5. The molecule has 0 unspecified atom stereocenters. The van der Waals surface area contributed by atoms with Crippen LogP contribution in [0.25, 0.3) is 0 Å². The molecule has 1 amide bonds. The van der Waals surface area contributed by atoms with E-state index >= 15 is 0 Å². The van der Waals surface area contributed by atoms with Gasteiger partial charge in [0.25, 0.3) is 0 Å². The molecular weight excluding hydrogens is 310 g/mol. The van der Waals surface area contributed by atoms with Gasteiger partial charge in [0.15, 0.2) is 0 Å².